The lowest BCUT2D eigenvalue weighted by molar-refractivity contribution is -0.117. The van der Waals surface area contributed by atoms with Crippen LogP contribution < -0.4 is 14.8 Å². The Hall–Kier alpha value is -2.05. The lowest BCUT2D eigenvalue weighted by Gasteiger charge is -2.42. The molecule has 3 heterocycles. The van der Waals surface area contributed by atoms with Gasteiger partial charge in [-0.3, -0.25) is 4.79 Å². The van der Waals surface area contributed by atoms with E-state index in [2.05, 4.69) is 10.2 Å². The molecule has 4 rings (SSSR count). The summed E-state index contributed by atoms with van der Waals surface area (Å²) < 4.78 is 16.3. The number of carbonyl (C=O) groups is 1. The summed E-state index contributed by atoms with van der Waals surface area (Å²) in [7, 11) is 0. The Labute approximate surface area is 166 Å². The fraction of sp³-hybridized carbons (Fsp3) is 0.591. The molecular formula is C22H30N2O4. The first kappa shape index (κ1) is 19.3. The van der Waals surface area contributed by atoms with Crippen LogP contribution in [-0.2, 0) is 9.53 Å². The van der Waals surface area contributed by atoms with Gasteiger partial charge in [0, 0.05) is 37.8 Å². The van der Waals surface area contributed by atoms with Crippen molar-refractivity contribution in [2.24, 2.45) is 5.41 Å². The maximum Gasteiger partial charge on any atom is 0.244 e. The molecule has 0 spiro atoms. The van der Waals surface area contributed by atoms with E-state index in [1.54, 1.807) is 6.08 Å². The van der Waals surface area contributed by atoms with Gasteiger partial charge in [0.25, 0.3) is 0 Å². The first-order valence-corrected chi connectivity index (χ1v) is 10.4. The molecule has 152 valence electrons. The van der Waals surface area contributed by atoms with Crippen molar-refractivity contribution in [3.8, 4) is 11.5 Å². The maximum atomic E-state index is 12.4. The van der Waals surface area contributed by atoms with Crippen molar-refractivity contribution in [1.29, 1.82) is 0 Å². The summed E-state index contributed by atoms with van der Waals surface area (Å²) in [5, 5.41) is 3.14. The third-order valence-electron chi connectivity index (χ3n) is 6.02. The fourth-order valence-corrected chi connectivity index (χ4v) is 4.31. The predicted octanol–water partition coefficient (Wildman–Crippen LogP) is 2.83. The van der Waals surface area contributed by atoms with Gasteiger partial charge in [0.05, 0.1) is 0 Å². The molecule has 0 unspecified atom stereocenters. The Morgan fingerprint density at radius 2 is 1.89 bits per heavy atom. The lowest BCUT2D eigenvalue weighted by atomic mass is 9.79. The summed E-state index contributed by atoms with van der Waals surface area (Å²) in [6, 6.07) is 5.69. The normalized spacial score (nSPS) is 21.7. The molecule has 0 aliphatic carbocycles. The molecule has 0 bridgehead atoms. The zero-order valence-corrected chi connectivity index (χ0v) is 16.5. The fourth-order valence-electron chi connectivity index (χ4n) is 4.31. The standard InChI is InChI=1S/C22H30N2O4/c25-21(7-5-18-4-6-19-20(14-18)28-17-27-19)23-15-22(8-12-26-13-9-22)16-24-10-2-1-3-11-24/h4-7,14H,1-3,8-13,15-17H2,(H,23,25)/b7-5+. The molecule has 0 saturated carbocycles. The van der Waals surface area contributed by atoms with Gasteiger partial charge in [-0.25, -0.2) is 0 Å². The molecule has 1 amide bonds. The zero-order valence-electron chi connectivity index (χ0n) is 16.5. The number of benzene rings is 1. The number of hydrogen-bond donors (Lipinski definition) is 1. The van der Waals surface area contributed by atoms with Crippen molar-refractivity contribution in [2.75, 3.05) is 46.2 Å². The van der Waals surface area contributed by atoms with Crippen molar-refractivity contribution in [2.45, 2.75) is 32.1 Å². The van der Waals surface area contributed by atoms with Crippen molar-refractivity contribution in [1.82, 2.24) is 10.2 Å². The smallest absolute Gasteiger partial charge is 0.244 e. The van der Waals surface area contributed by atoms with Crippen molar-refractivity contribution >= 4 is 12.0 Å². The van der Waals surface area contributed by atoms with Crippen LogP contribution >= 0.6 is 0 Å². The predicted molar refractivity (Wildman–Crippen MR) is 107 cm³/mol. The Kier molecular flexibility index (Phi) is 6.17. The summed E-state index contributed by atoms with van der Waals surface area (Å²) >= 11 is 0. The van der Waals surface area contributed by atoms with E-state index >= 15 is 0 Å². The van der Waals surface area contributed by atoms with Crippen molar-refractivity contribution in [3.05, 3.63) is 29.8 Å². The molecule has 1 aromatic rings. The topological polar surface area (TPSA) is 60.0 Å². The van der Waals surface area contributed by atoms with Gasteiger partial charge in [0.1, 0.15) is 0 Å². The molecule has 2 fully saturated rings. The SMILES string of the molecule is O=C(/C=C/c1ccc2c(c1)OCO2)NCC1(CN2CCCCC2)CCOCC1. The highest BCUT2D eigenvalue weighted by Crippen LogP contribution is 2.33. The third kappa shape index (κ3) is 4.86. The molecule has 0 atom stereocenters. The molecule has 0 aromatic heterocycles. The molecule has 0 radical (unpaired) electrons. The monoisotopic (exact) mass is 386 g/mol. The molecule has 1 N–H and O–H groups in total. The van der Waals surface area contributed by atoms with Crippen LogP contribution in [0.5, 0.6) is 11.5 Å². The van der Waals surface area contributed by atoms with Gasteiger partial charge >= 0.3 is 0 Å². The second-order valence-electron chi connectivity index (χ2n) is 8.11. The number of rotatable bonds is 6. The number of ether oxygens (including phenoxy) is 3. The molecule has 3 aliphatic heterocycles. The van der Waals surface area contributed by atoms with Gasteiger partial charge < -0.3 is 24.4 Å². The van der Waals surface area contributed by atoms with Crippen LogP contribution in [0.3, 0.4) is 0 Å². The Morgan fingerprint density at radius 1 is 1.11 bits per heavy atom. The number of hydrogen-bond acceptors (Lipinski definition) is 5. The number of piperidine rings is 1. The molecule has 6 heteroatoms. The van der Waals surface area contributed by atoms with Gasteiger partial charge in [-0.05, 0) is 62.5 Å². The summed E-state index contributed by atoms with van der Waals surface area (Å²) in [5.74, 6) is 1.42. The number of fused-ring (bicyclic) bond motifs is 1. The van der Waals surface area contributed by atoms with Crippen LogP contribution in [0.2, 0.25) is 0 Å². The molecule has 2 saturated heterocycles. The summed E-state index contributed by atoms with van der Waals surface area (Å²) in [4.78, 5) is 15.0. The van der Waals surface area contributed by atoms with Crippen molar-refractivity contribution < 1.29 is 19.0 Å². The number of likely N-dealkylation sites (tertiary alicyclic amines) is 1. The van der Waals surface area contributed by atoms with E-state index in [0.29, 0.717) is 6.54 Å². The highest BCUT2D eigenvalue weighted by Gasteiger charge is 2.35. The van der Waals surface area contributed by atoms with E-state index < -0.39 is 0 Å². The van der Waals surface area contributed by atoms with E-state index in [-0.39, 0.29) is 18.1 Å². The van der Waals surface area contributed by atoms with Crippen LogP contribution in [0.4, 0.5) is 0 Å². The molecule has 6 nitrogen and oxygen atoms in total. The zero-order chi connectivity index (χ0) is 19.2. The minimum Gasteiger partial charge on any atom is -0.454 e. The average molecular weight is 386 g/mol. The Balaban J connectivity index is 1.33. The summed E-state index contributed by atoms with van der Waals surface area (Å²) in [6.45, 7) is 5.96. The highest BCUT2D eigenvalue weighted by atomic mass is 16.7. The minimum atomic E-state index is -0.0535. The number of nitrogens with zero attached hydrogens (tertiary/aromatic N) is 1. The highest BCUT2D eigenvalue weighted by molar-refractivity contribution is 5.91. The van der Waals surface area contributed by atoms with Crippen LogP contribution in [0.1, 0.15) is 37.7 Å². The van der Waals surface area contributed by atoms with Gasteiger partial charge in [-0.15, -0.1) is 0 Å². The minimum absolute atomic E-state index is 0.0535. The average Bonchev–Trinajstić information content (AvgIpc) is 3.20. The van der Waals surface area contributed by atoms with Gasteiger partial charge in [0.15, 0.2) is 11.5 Å². The summed E-state index contributed by atoms with van der Waals surface area (Å²) in [6.07, 6.45) is 9.36. The maximum absolute atomic E-state index is 12.4. The van der Waals surface area contributed by atoms with Crippen LogP contribution in [0.25, 0.3) is 6.08 Å². The van der Waals surface area contributed by atoms with E-state index in [4.69, 9.17) is 14.2 Å². The first-order valence-electron chi connectivity index (χ1n) is 10.4. The first-order chi connectivity index (χ1) is 13.7. The number of amides is 1. The Morgan fingerprint density at radius 3 is 2.71 bits per heavy atom. The van der Waals surface area contributed by atoms with Crippen LogP contribution in [0, 0.1) is 5.41 Å². The van der Waals surface area contributed by atoms with Gasteiger partial charge in [-0.1, -0.05) is 12.5 Å². The number of carbonyl (C=O) groups excluding carboxylic acids is 1. The second kappa shape index (κ2) is 8.97. The summed E-state index contributed by atoms with van der Waals surface area (Å²) in [5.41, 5.74) is 1.05. The largest absolute Gasteiger partial charge is 0.454 e. The van der Waals surface area contributed by atoms with Gasteiger partial charge in [0.2, 0.25) is 12.7 Å². The molecule has 28 heavy (non-hydrogen) atoms. The molecule has 1 aromatic carbocycles. The van der Waals surface area contributed by atoms with Gasteiger partial charge in [-0.2, -0.15) is 0 Å². The lowest BCUT2D eigenvalue weighted by Crippen LogP contribution is -2.49. The Bertz CT molecular complexity index is 706. The molecular weight excluding hydrogens is 356 g/mol. The third-order valence-corrected chi connectivity index (χ3v) is 6.02. The van der Waals surface area contributed by atoms with Crippen molar-refractivity contribution in [3.63, 3.8) is 0 Å². The van der Waals surface area contributed by atoms with E-state index in [0.717, 1.165) is 49.7 Å². The van der Waals surface area contributed by atoms with E-state index in [9.17, 15) is 4.79 Å². The quantitative estimate of drug-likeness (QED) is 0.762. The second-order valence-corrected chi connectivity index (χ2v) is 8.11. The van der Waals surface area contributed by atoms with Crippen LogP contribution in [-0.4, -0.2) is 57.0 Å². The van der Waals surface area contributed by atoms with E-state index in [1.165, 1.54) is 32.4 Å². The molecule has 3 aliphatic rings. The van der Waals surface area contributed by atoms with Crippen LogP contribution in [0.15, 0.2) is 24.3 Å². The number of nitrogens with one attached hydrogen (secondary N) is 1. The van der Waals surface area contributed by atoms with E-state index in [1.807, 2.05) is 24.3 Å².